The van der Waals surface area contributed by atoms with Crippen LogP contribution in [0, 0.1) is 11.6 Å². The van der Waals surface area contributed by atoms with E-state index in [1.807, 2.05) is 18.9 Å². The summed E-state index contributed by atoms with van der Waals surface area (Å²) in [4.78, 5) is 13.0. The molecule has 0 aliphatic carbocycles. The van der Waals surface area contributed by atoms with Crippen molar-refractivity contribution in [3.05, 3.63) is 58.7 Å². The van der Waals surface area contributed by atoms with Crippen LogP contribution in [-0.4, -0.2) is 28.0 Å². The Morgan fingerprint density at radius 2 is 2.08 bits per heavy atom. The Morgan fingerprint density at radius 3 is 2.75 bits per heavy atom. The minimum Gasteiger partial charge on any atom is -0.268 e. The summed E-state index contributed by atoms with van der Waals surface area (Å²) in [6.45, 7) is 10.6. The molecule has 128 valence electrons. The van der Waals surface area contributed by atoms with Gasteiger partial charge in [0.05, 0.1) is 12.1 Å². The van der Waals surface area contributed by atoms with Crippen LogP contribution in [0.1, 0.15) is 39.2 Å². The van der Waals surface area contributed by atoms with E-state index in [1.165, 1.54) is 12.1 Å². The van der Waals surface area contributed by atoms with Crippen molar-refractivity contribution in [2.75, 3.05) is 6.54 Å². The van der Waals surface area contributed by atoms with E-state index in [1.54, 1.807) is 5.01 Å². The van der Waals surface area contributed by atoms with E-state index in [-0.39, 0.29) is 23.6 Å². The Balaban J connectivity index is 2.06. The van der Waals surface area contributed by atoms with Gasteiger partial charge in [-0.1, -0.05) is 18.7 Å². The molecule has 2 heterocycles. The van der Waals surface area contributed by atoms with Gasteiger partial charge in [-0.05, 0) is 50.8 Å². The maximum atomic E-state index is 14.1. The van der Waals surface area contributed by atoms with Crippen molar-refractivity contribution < 1.29 is 13.6 Å². The lowest BCUT2D eigenvalue weighted by Gasteiger charge is -2.48. The molecule has 0 bridgehead atoms. The minimum atomic E-state index is -0.895. The molecule has 0 N–H and O–H groups in total. The Morgan fingerprint density at radius 1 is 1.38 bits per heavy atom. The van der Waals surface area contributed by atoms with Crippen LogP contribution in [0.25, 0.3) is 0 Å². The number of hydrogen-bond acceptors (Lipinski definition) is 2. The van der Waals surface area contributed by atoms with Gasteiger partial charge in [0, 0.05) is 17.7 Å². The molecule has 1 amide bonds. The Kier molecular flexibility index (Phi) is 4.08. The van der Waals surface area contributed by atoms with Gasteiger partial charge in [-0.3, -0.25) is 9.80 Å². The number of halogens is 2. The number of hydrazine groups is 1. The SMILES string of the molecule is C=C(C)C1=C(C)C2(C)CCCN2N(Cc2cccc(F)c2F)C1=O. The number of amides is 1. The van der Waals surface area contributed by atoms with Gasteiger partial charge >= 0.3 is 0 Å². The van der Waals surface area contributed by atoms with Crippen molar-refractivity contribution in [3.63, 3.8) is 0 Å². The Hall–Kier alpha value is -2.01. The molecular weight excluding hydrogens is 310 g/mol. The van der Waals surface area contributed by atoms with E-state index in [9.17, 15) is 13.6 Å². The molecule has 1 atom stereocenters. The van der Waals surface area contributed by atoms with E-state index in [0.717, 1.165) is 31.0 Å². The third-order valence-electron chi connectivity index (χ3n) is 5.30. The van der Waals surface area contributed by atoms with Crippen LogP contribution >= 0.6 is 0 Å². The maximum absolute atomic E-state index is 14.1. The van der Waals surface area contributed by atoms with Gasteiger partial charge in [-0.2, -0.15) is 0 Å². The number of benzene rings is 1. The Labute approximate surface area is 141 Å². The smallest absolute Gasteiger partial charge is 0.268 e. The monoisotopic (exact) mass is 332 g/mol. The lowest BCUT2D eigenvalue weighted by Crippen LogP contribution is -2.59. The van der Waals surface area contributed by atoms with Gasteiger partial charge in [-0.25, -0.2) is 13.8 Å². The fourth-order valence-electron chi connectivity index (χ4n) is 3.88. The molecule has 3 nitrogen and oxygen atoms in total. The molecule has 0 spiro atoms. The summed E-state index contributed by atoms with van der Waals surface area (Å²) in [5.41, 5.74) is 2.21. The molecule has 1 aromatic carbocycles. The first-order chi connectivity index (χ1) is 11.3. The molecule has 5 heteroatoms. The molecule has 2 aliphatic rings. The van der Waals surface area contributed by atoms with Crippen molar-refractivity contribution in [3.8, 4) is 0 Å². The fraction of sp³-hybridized carbons (Fsp3) is 0.421. The van der Waals surface area contributed by atoms with E-state index >= 15 is 0 Å². The second kappa shape index (κ2) is 5.81. The molecule has 3 rings (SSSR count). The number of nitrogens with zero attached hydrogens (tertiary/aromatic N) is 2. The van der Waals surface area contributed by atoms with E-state index in [0.29, 0.717) is 11.1 Å². The number of rotatable bonds is 3. The van der Waals surface area contributed by atoms with Gasteiger partial charge in [0.25, 0.3) is 5.91 Å². The topological polar surface area (TPSA) is 23.6 Å². The standard InChI is InChI=1S/C19H22F2N2O/c1-12(2)16-13(3)19(4)9-6-10-23(19)22(18(16)24)11-14-7-5-8-15(20)17(14)21/h5,7-8H,1,6,9-11H2,2-4H3. The van der Waals surface area contributed by atoms with Gasteiger partial charge < -0.3 is 0 Å². The Bertz CT molecular complexity index is 756. The minimum absolute atomic E-state index is 0.0159. The molecule has 1 aromatic rings. The van der Waals surface area contributed by atoms with Crippen LogP contribution in [0.15, 0.2) is 41.5 Å². The number of carbonyl (C=O) groups excluding carboxylic acids is 1. The van der Waals surface area contributed by atoms with Gasteiger partial charge in [0.15, 0.2) is 11.6 Å². The highest BCUT2D eigenvalue weighted by molar-refractivity contribution is 5.99. The van der Waals surface area contributed by atoms with E-state index in [4.69, 9.17) is 0 Å². The average molecular weight is 332 g/mol. The third-order valence-corrected chi connectivity index (χ3v) is 5.30. The van der Waals surface area contributed by atoms with Crippen LogP contribution in [0.4, 0.5) is 8.78 Å². The number of fused-ring (bicyclic) bond motifs is 1. The normalized spacial score (nSPS) is 24.5. The van der Waals surface area contributed by atoms with Crippen LogP contribution in [-0.2, 0) is 11.3 Å². The second-order valence-corrected chi connectivity index (χ2v) is 6.86. The van der Waals surface area contributed by atoms with E-state index in [2.05, 4.69) is 13.5 Å². The zero-order valence-electron chi connectivity index (χ0n) is 14.3. The summed E-state index contributed by atoms with van der Waals surface area (Å²) in [7, 11) is 0. The van der Waals surface area contributed by atoms with Crippen molar-refractivity contribution in [1.29, 1.82) is 0 Å². The highest BCUT2D eigenvalue weighted by Gasteiger charge is 2.48. The van der Waals surface area contributed by atoms with Gasteiger partial charge in [-0.15, -0.1) is 0 Å². The third kappa shape index (κ3) is 2.38. The summed E-state index contributed by atoms with van der Waals surface area (Å²) in [5.74, 6) is -1.98. The summed E-state index contributed by atoms with van der Waals surface area (Å²) < 4.78 is 27.6. The highest BCUT2D eigenvalue weighted by Crippen LogP contribution is 2.43. The van der Waals surface area contributed by atoms with Crippen LogP contribution in [0.5, 0.6) is 0 Å². The number of carbonyl (C=O) groups is 1. The molecule has 1 unspecified atom stereocenters. The number of hydrogen-bond donors (Lipinski definition) is 0. The first kappa shape index (κ1) is 16.8. The summed E-state index contributed by atoms with van der Waals surface area (Å²) in [5, 5.41) is 3.56. The van der Waals surface area contributed by atoms with Crippen LogP contribution in [0.2, 0.25) is 0 Å². The largest absolute Gasteiger partial charge is 0.268 e. The zero-order valence-corrected chi connectivity index (χ0v) is 14.3. The van der Waals surface area contributed by atoms with Gasteiger partial charge in [0.1, 0.15) is 0 Å². The van der Waals surface area contributed by atoms with Crippen molar-refractivity contribution >= 4 is 5.91 Å². The molecule has 24 heavy (non-hydrogen) atoms. The van der Waals surface area contributed by atoms with Crippen LogP contribution < -0.4 is 0 Å². The van der Waals surface area contributed by atoms with Crippen molar-refractivity contribution in [1.82, 2.24) is 10.0 Å². The highest BCUT2D eigenvalue weighted by atomic mass is 19.2. The lowest BCUT2D eigenvalue weighted by atomic mass is 9.83. The predicted molar refractivity (Wildman–Crippen MR) is 88.8 cm³/mol. The first-order valence-electron chi connectivity index (χ1n) is 8.17. The molecule has 0 aromatic heterocycles. The zero-order chi connectivity index (χ0) is 17.6. The van der Waals surface area contributed by atoms with Crippen molar-refractivity contribution in [2.45, 2.75) is 45.7 Å². The first-order valence-corrected chi connectivity index (χ1v) is 8.17. The lowest BCUT2D eigenvalue weighted by molar-refractivity contribution is -0.156. The van der Waals surface area contributed by atoms with E-state index < -0.39 is 11.6 Å². The molecular formula is C19H22F2N2O. The molecule has 1 saturated heterocycles. The second-order valence-electron chi connectivity index (χ2n) is 6.86. The molecule has 2 aliphatic heterocycles. The summed E-state index contributed by atoms with van der Waals surface area (Å²) in [6.07, 6.45) is 1.87. The molecule has 0 radical (unpaired) electrons. The fourth-order valence-corrected chi connectivity index (χ4v) is 3.88. The van der Waals surface area contributed by atoms with Crippen LogP contribution in [0.3, 0.4) is 0 Å². The summed E-state index contributed by atoms with van der Waals surface area (Å²) in [6, 6.07) is 4.07. The predicted octanol–water partition coefficient (Wildman–Crippen LogP) is 3.97. The quantitative estimate of drug-likeness (QED) is 0.836. The molecule has 0 saturated carbocycles. The maximum Gasteiger partial charge on any atom is 0.268 e. The average Bonchev–Trinajstić information content (AvgIpc) is 2.91. The summed E-state index contributed by atoms with van der Waals surface area (Å²) >= 11 is 0. The molecule has 1 fully saturated rings. The van der Waals surface area contributed by atoms with Crippen molar-refractivity contribution in [2.24, 2.45) is 0 Å². The van der Waals surface area contributed by atoms with Gasteiger partial charge in [0.2, 0.25) is 0 Å².